The van der Waals surface area contributed by atoms with Crippen LogP contribution in [-0.4, -0.2) is 22.1 Å². The molecule has 0 saturated carbocycles. The summed E-state index contributed by atoms with van der Waals surface area (Å²) in [5.41, 5.74) is 2.78. The molecule has 0 saturated heterocycles. The van der Waals surface area contributed by atoms with E-state index in [9.17, 15) is 9.59 Å². The third-order valence-corrected chi connectivity index (χ3v) is 7.15. The van der Waals surface area contributed by atoms with E-state index in [1.807, 2.05) is 54.1 Å². The maximum absolute atomic E-state index is 13.5. The van der Waals surface area contributed by atoms with Gasteiger partial charge in [-0.05, 0) is 37.4 Å². The highest BCUT2D eigenvalue weighted by Gasteiger charge is 2.33. The van der Waals surface area contributed by atoms with Crippen LogP contribution in [0.25, 0.3) is 17.0 Å². The van der Waals surface area contributed by atoms with Crippen molar-refractivity contribution >= 4 is 45.6 Å². The maximum atomic E-state index is 13.5. The number of hydrogen-bond acceptors (Lipinski definition) is 6. The molecule has 0 amide bonds. The van der Waals surface area contributed by atoms with E-state index in [0.717, 1.165) is 21.3 Å². The minimum absolute atomic E-state index is 0.165. The first-order chi connectivity index (χ1) is 15.1. The fourth-order valence-electron chi connectivity index (χ4n) is 3.86. The summed E-state index contributed by atoms with van der Waals surface area (Å²) >= 11 is 2.84. The summed E-state index contributed by atoms with van der Waals surface area (Å²) in [6.45, 7) is 3.83. The molecule has 3 aromatic heterocycles. The van der Waals surface area contributed by atoms with Crippen LogP contribution < -0.4 is 14.9 Å². The van der Waals surface area contributed by atoms with Gasteiger partial charge in [-0.2, -0.15) is 0 Å². The Labute approximate surface area is 185 Å². The smallest absolute Gasteiger partial charge is 0.338 e. The van der Waals surface area contributed by atoms with Gasteiger partial charge in [0.15, 0.2) is 4.80 Å². The van der Waals surface area contributed by atoms with Crippen molar-refractivity contribution in [3.05, 3.63) is 89.4 Å². The van der Waals surface area contributed by atoms with E-state index in [0.29, 0.717) is 20.6 Å². The number of nitrogens with one attached hydrogen (secondary N) is 1. The van der Waals surface area contributed by atoms with E-state index < -0.39 is 12.0 Å². The van der Waals surface area contributed by atoms with Gasteiger partial charge in [0.25, 0.3) is 5.56 Å². The number of esters is 1. The minimum Gasteiger partial charge on any atom is -0.463 e. The summed E-state index contributed by atoms with van der Waals surface area (Å²) in [7, 11) is 0. The monoisotopic (exact) mass is 449 g/mol. The van der Waals surface area contributed by atoms with E-state index in [1.54, 1.807) is 18.4 Å². The van der Waals surface area contributed by atoms with Gasteiger partial charge in [0.1, 0.15) is 6.04 Å². The molecule has 1 aliphatic heterocycles. The zero-order valence-corrected chi connectivity index (χ0v) is 18.5. The second-order valence-electron chi connectivity index (χ2n) is 7.11. The molecule has 1 aliphatic rings. The van der Waals surface area contributed by atoms with Gasteiger partial charge in [-0.3, -0.25) is 9.36 Å². The molecule has 4 aromatic rings. The van der Waals surface area contributed by atoms with Crippen LogP contribution in [0.5, 0.6) is 0 Å². The van der Waals surface area contributed by atoms with Crippen molar-refractivity contribution in [1.29, 1.82) is 0 Å². The quantitative estimate of drug-likeness (QED) is 0.486. The van der Waals surface area contributed by atoms with Gasteiger partial charge < -0.3 is 9.72 Å². The number of carbonyl (C=O) groups excluding carboxylic acids is 1. The Morgan fingerprint density at radius 1 is 1.29 bits per heavy atom. The Hall–Kier alpha value is -3.23. The van der Waals surface area contributed by atoms with Crippen molar-refractivity contribution < 1.29 is 9.53 Å². The van der Waals surface area contributed by atoms with Crippen molar-refractivity contribution in [2.45, 2.75) is 19.9 Å². The number of thiazole rings is 1. The molecular weight excluding hydrogens is 430 g/mol. The van der Waals surface area contributed by atoms with Crippen LogP contribution >= 0.6 is 22.7 Å². The third kappa shape index (κ3) is 3.28. The molecule has 1 atom stereocenters. The first-order valence-corrected chi connectivity index (χ1v) is 11.6. The number of rotatable bonds is 4. The molecule has 1 aromatic carbocycles. The lowest BCUT2D eigenvalue weighted by molar-refractivity contribution is -0.139. The fourth-order valence-corrected chi connectivity index (χ4v) is 5.72. The molecule has 0 fully saturated rings. The van der Waals surface area contributed by atoms with Gasteiger partial charge in [-0.1, -0.05) is 35.6 Å². The number of benzene rings is 1. The molecule has 8 heteroatoms. The van der Waals surface area contributed by atoms with E-state index in [-0.39, 0.29) is 12.2 Å². The highest BCUT2D eigenvalue weighted by Crippen LogP contribution is 2.33. The maximum Gasteiger partial charge on any atom is 0.338 e. The number of aromatic amines is 1. The topological polar surface area (TPSA) is 76.4 Å². The van der Waals surface area contributed by atoms with Crippen LogP contribution in [0.1, 0.15) is 30.3 Å². The van der Waals surface area contributed by atoms with Crippen LogP contribution in [0, 0.1) is 0 Å². The first-order valence-electron chi connectivity index (χ1n) is 9.87. The number of fused-ring (bicyclic) bond motifs is 2. The molecule has 6 nitrogen and oxygen atoms in total. The van der Waals surface area contributed by atoms with Crippen LogP contribution in [0.3, 0.4) is 0 Å². The number of thiophene rings is 1. The SMILES string of the molecule is CCOC(=O)C1=C(C)N=c2sc(=Cc3c[nH]c4ccccc34)c(=O)n2[C@@H]1c1cccs1. The number of nitrogens with zero attached hydrogens (tertiary/aromatic N) is 2. The lowest BCUT2D eigenvalue weighted by Gasteiger charge is -2.23. The summed E-state index contributed by atoms with van der Waals surface area (Å²) in [6, 6.07) is 11.3. The Morgan fingerprint density at radius 3 is 2.90 bits per heavy atom. The average molecular weight is 450 g/mol. The second kappa shape index (κ2) is 7.79. The standard InChI is InChI=1S/C23H19N3O3S2/c1-3-29-22(28)19-13(2)25-23-26(20(19)17-9-6-10-30-17)21(27)18(31-23)11-14-12-24-16-8-5-4-7-15(14)16/h4-12,20,24H,3H2,1-2H3/t20-/m1/s1. The fraction of sp³-hybridized carbons (Fsp3) is 0.174. The van der Waals surface area contributed by atoms with Crippen molar-refractivity contribution in [3.8, 4) is 0 Å². The Balaban J connectivity index is 1.73. The van der Waals surface area contributed by atoms with Crippen molar-refractivity contribution in [2.75, 3.05) is 6.61 Å². The molecule has 31 heavy (non-hydrogen) atoms. The summed E-state index contributed by atoms with van der Waals surface area (Å²) in [6.07, 6.45) is 3.78. The van der Waals surface area contributed by atoms with Gasteiger partial charge in [-0.15, -0.1) is 11.3 Å². The predicted molar refractivity (Wildman–Crippen MR) is 123 cm³/mol. The van der Waals surface area contributed by atoms with Crippen molar-refractivity contribution in [1.82, 2.24) is 9.55 Å². The molecular formula is C23H19N3O3S2. The van der Waals surface area contributed by atoms with Gasteiger partial charge in [0.05, 0.1) is 22.4 Å². The first kappa shape index (κ1) is 19.7. The summed E-state index contributed by atoms with van der Waals surface area (Å²) < 4.78 is 7.49. The van der Waals surface area contributed by atoms with Crippen LogP contribution in [-0.2, 0) is 9.53 Å². The number of H-pyrrole nitrogens is 1. The predicted octanol–water partition coefficient (Wildman–Crippen LogP) is 3.34. The minimum atomic E-state index is -0.541. The molecule has 0 spiro atoms. The van der Waals surface area contributed by atoms with Crippen LogP contribution in [0.15, 0.2) is 69.0 Å². The van der Waals surface area contributed by atoms with Crippen molar-refractivity contribution in [2.24, 2.45) is 4.99 Å². The van der Waals surface area contributed by atoms with E-state index in [1.165, 1.54) is 22.7 Å². The molecule has 5 rings (SSSR count). The third-order valence-electron chi connectivity index (χ3n) is 5.24. The average Bonchev–Trinajstić information content (AvgIpc) is 3.48. The van der Waals surface area contributed by atoms with Gasteiger partial charge in [0.2, 0.25) is 0 Å². The number of hydrogen-bond donors (Lipinski definition) is 1. The molecule has 1 N–H and O–H groups in total. The Bertz CT molecular complexity index is 1500. The highest BCUT2D eigenvalue weighted by atomic mass is 32.1. The van der Waals surface area contributed by atoms with Crippen LogP contribution in [0.2, 0.25) is 0 Å². The number of carbonyl (C=O) groups is 1. The molecule has 0 unspecified atom stereocenters. The number of para-hydroxylation sites is 1. The second-order valence-corrected chi connectivity index (χ2v) is 9.10. The lowest BCUT2D eigenvalue weighted by Crippen LogP contribution is -2.39. The number of allylic oxidation sites excluding steroid dienone is 1. The van der Waals surface area contributed by atoms with Gasteiger partial charge >= 0.3 is 5.97 Å². The summed E-state index contributed by atoms with van der Waals surface area (Å²) in [5, 5.41) is 2.99. The zero-order chi connectivity index (χ0) is 21.5. The molecule has 156 valence electrons. The van der Waals surface area contributed by atoms with Gasteiger partial charge in [0, 0.05) is 27.5 Å². The summed E-state index contributed by atoms with van der Waals surface area (Å²) in [5.74, 6) is -0.437. The Morgan fingerprint density at radius 2 is 2.13 bits per heavy atom. The molecule has 0 aliphatic carbocycles. The molecule has 4 heterocycles. The molecule has 0 bridgehead atoms. The largest absolute Gasteiger partial charge is 0.463 e. The highest BCUT2D eigenvalue weighted by molar-refractivity contribution is 7.10. The van der Waals surface area contributed by atoms with Gasteiger partial charge in [-0.25, -0.2) is 9.79 Å². The Kier molecular flexibility index (Phi) is 4.95. The van der Waals surface area contributed by atoms with E-state index in [4.69, 9.17) is 4.74 Å². The van der Waals surface area contributed by atoms with Crippen molar-refractivity contribution in [3.63, 3.8) is 0 Å². The van der Waals surface area contributed by atoms with E-state index >= 15 is 0 Å². The lowest BCUT2D eigenvalue weighted by atomic mass is 10.0. The van der Waals surface area contributed by atoms with E-state index in [2.05, 4.69) is 9.98 Å². The normalized spacial score (nSPS) is 16.5. The number of ether oxygens (including phenoxy) is 1. The van der Waals surface area contributed by atoms with Crippen LogP contribution in [0.4, 0.5) is 0 Å². The summed E-state index contributed by atoms with van der Waals surface area (Å²) in [4.78, 5) is 35.6. The number of aromatic nitrogens is 2. The zero-order valence-electron chi connectivity index (χ0n) is 16.9. The molecule has 0 radical (unpaired) electrons.